The SMILES string of the molecule is c1ccc(-c2ccc(-c3nc4ccccc4o3)cc2-c2ccc(-c3cccc4c3[nH]c3ccccc34)cc2)cc1. The Balaban J connectivity index is 1.26. The van der Waals surface area contributed by atoms with E-state index in [1.807, 2.05) is 24.3 Å². The van der Waals surface area contributed by atoms with Gasteiger partial charge in [-0.25, -0.2) is 4.98 Å². The predicted octanol–water partition coefficient (Wildman–Crippen LogP) is 10.1. The van der Waals surface area contributed by atoms with Crippen molar-refractivity contribution in [3.8, 4) is 44.8 Å². The summed E-state index contributed by atoms with van der Waals surface area (Å²) in [6.07, 6.45) is 0. The van der Waals surface area contributed by atoms with Crippen molar-refractivity contribution < 1.29 is 4.42 Å². The Hall–Kier alpha value is -5.41. The van der Waals surface area contributed by atoms with Gasteiger partial charge in [-0.3, -0.25) is 0 Å². The molecule has 0 unspecified atom stereocenters. The van der Waals surface area contributed by atoms with Crippen molar-refractivity contribution >= 4 is 32.9 Å². The smallest absolute Gasteiger partial charge is 0.227 e. The van der Waals surface area contributed by atoms with E-state index in [1.165, 1.54) is 38.5 Å². The van der Waals surface area contributed by atoms with Crippen molar-refractivity contribution in [1.29, 1.82) is 0 Å². The van der Waals surface area contributed by atoms with E-state index >= 15 is 0 Å². The first kappa shape index (κ1) is 22.6. The minimum atomic E-state index is 0.629. The molecule has 8 aromatic rings. The lowest BCUT2D eigenvalue weighted by Crippen LogP contribution is -1.88. The van der Waals surface area contributed by atoms with Crippen LogP contribution in [0.3, 0.4) is 0 Å². The maximum atomic E-state index is 6.12. The van der Waals surface area contributed by atoms with Gasteiger partial charge in [0.1, 0.15) is 5.52 Å². The highest BCUT2D eigenvalue weighted by molar-refractivity contribution is 6.11. The van der Waals surface area contributed by atoms with Crippen molar-refractivity contribution in [3.63, 3.8) is 0 Å². The molecule has 0 saturated heterocycles. The molecule has 0 amide bonds. The molecule has 0 aliphatic carbocycles. The second-order valence-corrected chi connectivity index (χ2v) is 10.1. The van der Waals surface area contributed by atoms with E-state index in [0.717, 1.165) is 33.3 Å². The average molecular weight is 513 g/mol. The van der Waals surface area contributed by atoms with Gasteiger partial charge in [0.2, 0.25) is 5.89 Å². The van der Waals surface area contributed by atoms with E-state index in [1.54, 1.807) is 0 Å². The molecule has 2 aromatic heterocycles. The Morgan fingerprint density at radius 1 is 0.475 bits per heavy atom. The minimum absolute atomic E-state index is 0.629. The van der Waals surface area contributed by atoms with Crippen molar-refractivity contribution in [3.05, 3.63) is 140 Å². The van der Waals surface area contributed by atoms with Gasteiger partial charge >= 0.3 is 0 Å². The van der Waals surface area contributed by atoms with E-state index in [-0.39, 0.29) is 0 Å². The second-order valence-electron chi connectivity index (χ2n) is 10.1. The Morgan fingerprint density at radius 2 is 1.15 bits per heavy atom. The second kappa shape index (κ2) is 9.11. The van der Waals surface area contributed by atoms with E-state index < -0.39 is 0 Å². The van der Waals surface area contributed by atoms with Crippen LogP contribution in [0.15, 0.2) is 144 Å². The highest BCUT2D eigenvalue weighted by Gasteiger charge is 2.15. The Morgan fingerprint density at radius 3 is 2.00 bits per heavy atom. The van der Waals surface area contributed by atoms with Crippen LogP contribution < -0.4 is 0 Å². The van der Waals surface area contributed by atoms with Gasteiger partial charge < -0.3 is 9.40 Å². The first-order valence-corrected chi connectivity index (χ1v) is 13.5. The summed E-state index contributed by atoms with van der Waals surface area (Å²) in [6, 6.07) is 48.8. The normalized spacial score (nSPS) is 11.5. The predicted molar refractivity (Wildman–Crippen MR) is 165 cm³/mol. The molecule has 0 radical (unpaired) electrons. The van der Waals surface area contributed by atoms with Gasteiger partial charge in [-0.2, -0.15) is 0 Å². The lowest BCUT2D eigenvalue weighted by atomic mass is 9.91. The molecule has 3 heteroatoms. The fraction of sp³-hybridized carbons (Fsp3) is 0. The summed E-state index contributed by atoms with van der Waals surface area (Å²) in [4.78, 5) is 8.39. The van der Waals surface area contributed by atoms with Gasteiger partial charge in [-0.1, -0.05) is 109 Å². The number of oxazole rings is 1. The number of nitrogens with one attached hydrogen (secondary N) is 1. The molecule has 3 nitrogen and oxygen atoms in total. The van der Waals surface area contributed by atoms with Crippen LogP contribution in [0.5, 0.6) is 0 Å². The quantitative estimate of drug-likeness (QED) is 0.255. The van der Waals surface area contributed by atoms with Crippen LogP contribution >= 0.6 is 0 Å². The number of nitrogens with zero attached hydrogens (tertiary/aromatic N) is 1. The number of aromatic amines is 1. The van der Waals surface area contributed by atoms with Gasteiger partial charge in [-0.05, 0) is 58.1 Å². The van der Waals surface area contributed by atoms with Gasteiger partial charge in [0.05, 0.1) is 5.52 Å². The molecule has 0 spiro atoms. The Bertz CT molecular complexity index is 2120. The molecule has 0 aliphatic rings. The summed E-state index contributed by atoms with van der Waals surface area (Å²) in [5, 5.41) is 2.49. The van der Waals surface area contributed by atoms with Crippen molar-refractivity contribution in [2.75, 3.05) is 0 Å². The molecule has 0 bridgehead atoms. The summed E-state index contributed by atoms with van der Waals surface area (Å²) in [5.74, 6) is 0.629. The van der Waals surface area contributed by atoms with Crippen LogP contribution in [-0.2, 0) is 0 Å². The van der Waals surface area contributed by atoms with Gasteiger partial charge in [0.15, 0.2) is 5.58 Å². The van der Waals surface area contributed by atoms with Crippen LogP contribution in [0.25, 0.3) is 77.7 Å². The fourth-order valence-corrected chi connectivity index (χ4v) is 5.72. The van der Waals surface area contributed by atoms with Crippen LogP contribution in [0.4, 0.5) is 0 Å². The van der Waals surface area contributed by atoms with Crippen LogP contribution in [-0.4, -0.2) is 9.97 Å². The standard InChI is InChI=1S/C37H24N2O/c1-2-9-24(10-3-1)28-22-21-27(37-39-34-15-6-7-16-35(34)40-37)23-32(28)26-19-17-25(18-20-26)29-12-8-13-31-30-11-4-5-14-33(30)38-36(29)31/h1-23,38H. The number of H-pyrrole nitrogens is 1. The fourth-order valence-electron chi connectivity index (χ4n) is 5.72. The molecule has 40 heavy (non-hydrogen) atoms. The van der Waals surface area contributed by atoms with Crippen molar-refractivity contribution in [2.45, 2.75) is 0 Å². The van der Waals surface area contributed by atoms with Gasteiger partial charge in [-0.15, -0.1) is 0 Å². The molecular formula is C37H24N2O. The number of aromatic nitrogens is 2. The third kappa shape index (κ3) is 3.71. The zero-order valence-corrected chi connectivity index (χ0v) is 21.6. The zero-order valence-electron chi connectivity index (χ0n) is 21.6. The molecule has 6 aromatic carbocycles. The third-order valence-corrected chi connectivity index (χ3v) is 7.69. The maximum Gasteiger partial charge on any atom is 0.227 e. The molecular weight excluding hydrogens is 488 g/mol. The number of benzene rings is 6. The molecule has 0 fully saturated rings. The number of fused-ring (bicyclic) bond motifs is 4. The third-order valence-electron chi connectivity index (χ3n) is 7.69. The molecule has 0 saturated carbocycles. The molecule has 188 valence electrons. The van der Waals surface area contributed by atoms with Gasteiger partial charge in [0.25, 0.3) is 0 Å². The van der Waals surface area contributed by atoms with E-state index in [0.29, 0.717) is 5.89 Å². The van der Waals surface area contributed by atoms with E-state index in [4.69, 9.17) is 9.40 Å². The summed E-state index contributed by atoms with van der Waals surface area (Å²) < 4.78 is 6.12. The largest absolute Gasteiger partial charge is 0.436 e. The van der Waals surface area contributed by atoms with Crippen LogP contribution in [0.1, 0.15) is 0 Å². The molecule has 0 aliphatic heterocycles. The summed E-state index contributed by atoms with van der Waals surface area (Å²) in [6.45, 7) is 0. The lowest BCUT2D eigenvalue weighted by molar-refractivity contribution is 0.620. The van der Waals surface area contributed by atoms with Crippen molar-refractivity contribution in [2.24, 2.45) is 0 Å². The lowest BCUT2D eigenvalue weighted by Gasteiger charge is -2.13. The van der Waals surface area contributed by atoms with Crippen molar-refractivity contribution in [1.82, 2.24) is 9.97 Å². The van der Waals surface area contributed by atoms with Crippen LogP contribution in [0, 0.1) is 0 Å². The minimum Gasteiger partial charge on any atom is -0.436 e. The van der Waals surface area contributed by atoms with Gasteiger partial charge in [0, 0.05) is 27.4 Å². The number of hydrogen-bond acceptors (Lipinski definition) is 2. The average Bonchev–Trinajstić information content (AvgIpc) is 3.63. The summed E-state index contributed by atoms with van der Waals surface area (Å²) >= 11 is 0. The molecule has 0 atom stereocenters. The van der Waals surface area contributed by atoms with Crippen LogP contribution in [0.2, 0.25) is 0 Å². The van der Waals surface area contributed by atoms with E-state index in [2.05, 4.69) is 120 Å². The van der Waals surface area contributed by atoms with E-state index in [9.17, 15) is 0 Å². The zero-order chi connectivity index (χ0) is 26.5. The highest BCUT2D eigenvalue weighted by atomic mass is 16.3. The monoisotopic (exact) mass is 512 g/mol. The molecule has 8 rings (SSSR count). The summed E-state index contributed by atoms with van der Waals surface area (Å²) in [5.41, 5.74) is 11.9. The molecule has 2 heterocycles. The Labute approximate surface area is 231 Å². The number of hydrogen-bond donors (Lipinski definition) is 1. The highest BCUT2D eigenvalue weighted by Crippen LogP contribution is 2.38. The summed E-state index contributed by atoms with van der Waals surface area (Å²) in [7, 11) is 0. The number of para-hydroxylation sites is 4. The topological polar surface area (TPSA) is 41.8 Å². The number of rotatable bonds is 4. The Kier molecular flexibility index (Phi) is 5.14. The maximum absolute atomic E-state index is 6.12. The molecule has 1 N–H and O–H groups in total. The first-order chi connectivity index (χ1) is 19.8. The first-order valence-electron chi connectivity index (χ1n) is 13.5.